The van der Waals surface area contributed by atoms with Gasteiger partial charge in [-0.15, -0.1) is 0 Å². The molecular weight excluding hydrogens is 314 g/mol. The molecule has 0 saturated heterocycles. The number of ether oxygens (including phenoxy) is 1. The zero-order chi connectivity index (χ0) is 14.7. The lowest BCUT2D eigenvalue weighted by Crippen LogP contribution is -2.14. The highest BCUT2D eigenvalue weighted by Crippen LogP contribution is 2.29. The summed E-state index contributed by atoms with van der Waals surface area (Å²) in [7, 11) is 1.68. The van der Waals surface area contributed by atoms with Crippen molar-refractivity contribution in [2.45, 2.75) is 26.3 Å². The number of rotatable bonds is 4. The Morgan fingerprint density at radius 2 is 1.85 bits per heavy atom. The summed E-state index contributed by atoms with van der Waals surface area (Å²) in [5, 5.41) is 0. The molecule has 2 aromatic rings. The third-order valence-corrected chi connectivity index (χ3v) is 4.11. The molecule has 0 saturated carbocycles. The lowest BCUT2D eigenvalue weighted by atomic mass is 9.96. The van der Waals surface area contributed by atoms with Crippen LogP contribution in [0.15, 0.2) is 40.9 Å². The molecule has 1 unspecified atom stereocenters. The van der Waals surface area contributed by atoms with E-state index in [9.17, 15) is 0 Å². The summed E-state index contributed by atoms with van der Waals surface area (Å²) in [6.45, 7) is 4.25. The average Bonchev–Trinajstić information content (AvgIpc) is 2.43. The normalized spacial score (nSPS) is 12.2. The number of hydrogen-bond donors (Lipinski definition) is 1. The molecule has 106 valence electrons. The maximum absolute atomic E-state index is 6.36. The zero-order valence-corrected chi connectivity index (χ0v) is 13.7. The smallest absolute Gasteiger partial charge is 0.123 e. The molecule has 0 heterocycles. The van der Waals surface area contributed by atoms with Crippen molar-refractivity contribution in [1.29, 1.82) is 0 Å². The molecule has 0 amide bonds. The maximum Gasteiger partial charge on any atom is 0.123 e. The first kappa shape index (κ1) is 15.1. The van der Waals surface area contributed by atoms with Crippen molar-refractivity contribution in [3.8, 4) is 5.75 Å². The quantitative estimate of drug-likeness (QED) is 0.904. The standard InChI is InChI=1S/C17H20BrNO/c1-11-4-5-13(8-12(11)2)9-16(19)15-10-14(18)6-7-17(15)20-3/h4-8,10,16H,9,19H2,1-3H3. The molecule has 0 radical (unpaired) electrons. The fourth-order valence-electron chi connectivity index (χ4n) is 2.29. The Morgan fingerprint density at radius 1 is 1.10 bits per heavy atom. The zero-order valence-electron chi connectivity index (χ0n) is 12.1. The first-order valence-corrected chi connectivity index (χ1v) is 7.45. The van der Waals surface area contributed by atoms with Crippen LogP contribution in [0.1, 0.15) is 28.3 Å². The van der Waals surface area contributed by atoms with Gasteiger partial charge in [0.05, 0.1) is 7.11 Å². The van der Waals surface area contributed by atoms with E-state index in [1.165, 1.54) is 16.7 Å². The largest absolute Gasteiger partial charge is 0.496 e. The molecule has 0 fully saturated rings. The predicted molar refractivity (Wildman–Crippen MR) is 87.2 cm³/mol. The first-order chi connectivity index (χ1) is 9.51. The van der Waals surface area contributed by atoms with Crippen molar-refractivity contribution < 1.29 is 4.74 Å². The SMILES string of the molecule is COc1ccc(Br)cc1C(N)Cc1ccc(C)c(C)c1. The molecule has 0 aliphatic carbocycles. The van der Waals surface area contributed by atoms with Crippen LogP contribution in [0.5, 0.6) is 5.75 Å². The summed E-state index contributed by atoms with van der Waals surface area (Å²) in [6, 6.07) is 12.4. The Balaban J connectivity index is 2.25. The Kier molecular flexibility index (Phi) is 4.84. The maximum atomic E-state index is 6.36. The highest BCUT2D eigenvalue weighted by Gasteiger charge is 2.13. The molecule has 2 N–H and O–H groups in total. The third kappa shape index (κ3) is 3.41. The van der Waals surface area contributed by atoms with Crippen LogP contribution in [-0.4, -0.2) is 7.11 Å². The lowest BCUT2D eigenvalue weighted by molar-refractivity contribution is 0.405. The minimum Gasteiger partial charge on any atom is -0.496 e. The van der Waals surface area contributed by atoms with Crippen LogP contribution in [0.3, 0.4) is 0 Å². The van der Waals surface area contributed by atoms with Crippen LogP contribution < -0.4 is 10.5 Å². The molecule has 0 aliphatic rings. The second kappa shape index (κ2) is 6.42. The molecule has 0 bridgehead atoms. The van der Waals surface area contributed by atoms with E-state index in [2.05, 4.69) is 48.0 Å². The van der Waals surface area contributed by atoms with Gasteiger partial charge in [0, 0.05) is 16.1 Å². The number of halogens is 1. The van der Waals surface area contributed by atoms with Gasteiger partial charge in [0.15, 0.2) is 0 Å². The lowest BCUT2D eigenvalue weighted by Gasteiger charge is -2.17. The fraction of sp³-hybridized carbons (Fsp3) is 0.294. The van der Waals surface area contributed by atoms with Crippen LogP contribution in [0.4, 0.5) is 0 Å². The highest BCUT2D eigenvalue weighted by molar-refractivity contribution is 9.10. The van der Waals surface area contributed by atoms with E-state index >= 15 is 0 Å². The van der Waals surface area contributed by atoms with E-state index in [-0.39, 0.29) is 6.04 Å². The van der Waals surface area contributed by atoms with Crippen molar-refractivity contribution in [3.63, 3.8) is 0 Å². The number of benzene rings is 2. The second-order valence-electron chi connectivity index (χ2n) is 5.12. The Hall–Kier alpha value is -1.32. The predicted octanol–water partition coefficient (Wildman–Crippen LogP) is 4.32. The molecule has 0 spiro atoms. The van der Waals surface area contributed by atoms with Crippen LogP contribution in [0, 0.1) is 13.8 Å². The van der Waals surface area contributed by atoms with Crippen molar-refractivity contribution in [3.05, 3.63) is 63.1 Å². The molecule has 20 heavy (non-hydrogen) atoms. The van der Waals surface area contributed by atoms with Crippen LogP contribution in [0.25, 0.3) is 0 Å². The summed E-state index contributed by atoms with van der Waals surface area (Å²) in [4.78, 5) is 0. The summed E-state index contributed by atoms with van der Waals surface area (Å²) in [6.07, 6.45) is 0.800. The Labute approximate surface area is 129 Å². The van der Waals surface area contributed by atoms with E-state index < -0.39 is 0 Å². The minimum absolute atomic E-state index is 0.0791. The molecular formula is C17H20BrNO. The molecule has 1 atom stereocenters. The third-order valence-electron chi connectivity index (χ3n) is 3.62. The van der Waals surface area contributed by atoms with Gasteiger partial charge in [-0.1, -0.05) is 34.1 Å². The van der Waals surface area contributed by atoms with Gasteiger partial charge in [-0.25, -0.2) is 0 Å². The van der Waals surface area contributed by atoms with Gasteiger partial charge in [0.2, 0.25) is 0 Å². The fourth-order valence-corrected chi connectivity index (χ4v) is 2.67. The van der Waals surface area contributed by atoms with Crippen molar-refractivity contribution in [1.82, 2.24) is 0 Å². The van der Waals surface area contributed by atoms with Crippen molar-refractivity contribution >= 4 is 15.9 Å². The molecule has 2 rings (SSSR count). The average molecular weight is 334 g/mol. The number of hydrogen-bond acceptors (Lipinski definition) is 2. The summed E-state index contributed by atoms with van der Waals surface area (Å²) in [5.74, 6) is 0.838. The highest BCUT2D eigenvalue weighted by atomic mass is 79.9. The van der Waals surface area contributed by atoms with Crippen molar-refractivity contribution in [2.24, 2.45) is 5.73 Å². The number of nitrogens with two attached hydrogens (primary N) is 1. The second-order valence-corrected chi connectivity index (χ2v) is 6.03. The van der Waals surface area contributed by atoms with Gasteiger partial charge in [0.1, 0.15) is 5.75 Å². The topological polar surface area (TPSA) is 35.2 Å². The molecule has 0 aliphatic heterocycles. The van der Waals surface area contributed by atoms with E-state index in [0.29, 0.717) is 0 Å². The van der Waals surface area contributed by atoms with E-state index in [1.54, 1.807) is 7.11 Å². The van der Waals surface area contributed by atoms with Gasteiger partial charge in [0.25, 0.3) is 0 Å². The van der Waals surface area contributed by atoms with Gasteiger partial charge in [-0.3, -0.25) is 0 Å². The van der Waals surface area contributed by atoms with E-state index in [1.807, 2.05) is 18.2 Å². The minimum atomic E-state index is -0.0791. The van der Waals surface area contributed by atoms with Crippen LogP contribution in [0.2, 0.25) is 0 Å². The number of methoxy groups -OCH3 is 1. The van der Waals surface area contributed by atoms with Crippen LogP contribution in [-0.2, 0) is 6.42 Å². The molecule has 0 aromatic heterocycles. The monoisotopic (exact) mass is 333 g/mol. The summed E-state index contributed by atoms with van der Waals surface area (Å²) < 4.78 is 6.42. The van der Waals surface area contributed by atoms with Crippen LogP contribution >= 0.6 is 15.9 Å². The van der Waals surface area contributed by atoms with Gasteiger partial charge in [-0.2, -0.15) is 0 Å². The van der Waals surface area contributed by atoms with Gasteiger partial charge >= 0.3 is 0 Å². The van der Waals surface area contributed by atoms with Crippen molar-refractivity contribution in [2.75, 3.05) is 7.11 Å². The number of aryl methyl sites for hydroxylation is 2. The molecule has 2 aromatic carbocycles. The Bertz CT molecular complexity index is 610. The van der Waals surface area contributed by atoms with E-state index in [4.69, 9.17) is 10.5 Å². The van der Waals surface area contributed by atoms with Gasteiger partial charge < -0.3 is 10.5 Å². The van der Waals surface area contributed by atoms with Gasteiger partial charge in [-0.05, 0) is 55.2 Å². The Morgan fingerprint density at radius 3 is 2.50 bits per heavy atom. The first-order valence-electron chi connectivity index (χ1n) is 6.66. The summed E-state index contributed by atoms with van der Waals surface area (Å²) in [5.41, 5.74) is 11.2. The molecule has 2 nitrogen and oxygen atoms in total. The molecule has 3 heteroatoms. The summed E-state index contributed by atoms with van der Waals surface area (Å²) >= 11 is 3.49. The van der Waals surface area contributed by atoms with E-state index in [0.717, 1.165) is 22.2 Å².